The van der Waals surface area contributed by atoms with E-state index >= 15 is 0 Å². The molecule has 0 fully saturated rings. The van der Waals surface area contributed by atoms with Crippen molar-refractivity contribution in [2.45, 2.75) is 6.54 Å². The molecule has 1 N–H and O–H groups in total. The minimum absolute atomic E-state index is 0.0230. The number of hydrogen-bond acceptors (Lipinski definition) is 2. The van der Waals surface area contributed by atoms with Crippen LogP contribution >= 0.6 is 0 Å². The molecule has 0 saturated carbocycles. The highest BCUT2D eigenvalue weighted by Crippen LogP contribution is 2.46. The van der Waals surface area contributed by atoms with Crippen LogP contribution < -0.4 is 0 Å². The molecular weight excluding hydrogens is 382 g/mol. The average Bonchev–Trinajstić information content (AvgIpc) is 3.29. The maximum Gasteiger partial charge on any atom is 0.196 e. The van der Waals surface area contributed by atoms with Gasteiger partial charge in [0.2, 0.25) is 0 Å². The smallest absolute Gasteiger partial charge is 0.196 e. The van der Waals surface area contributed by atoms with Crippen LogP contribution in [0.15, 0.2) is 97.1 Å². The van der Waals surface area contributed by atoms with E-state index in [9.17, 15) is 9.90 Å². The summed E-state index contributed by atoms with van der Waals surface area (Å²) in [7, 11) is 0. The molecule has 0 unspecified atom stereocenters. The van der Waals surface area contributed by atoms with Gasteiger partial charge in [0.25, 0.3) is 0 Å². The summed E-state index contributed by atoms with van der Waals surface area (Å²) in [6.07, 6.45) is 0. The van der Waals surface area contributed by atoms with Gasteiger partial charge in [-0.3, -0.25) is 4.79 Å². The molecule has 1 aromatic heterocycles. The van der Waals surface area contributed by atoms with Crippen LogP contribution in [-0.4, -0.2) is 15.5 Å². The number of phenols is 1. The Morgan fingerprint density at radius 2 is 1.35 bits per heavy atom. The number of ketones is 1. The molecule has 0 bridgehead atoms. The summed E-state index contributed by atoms with van der Waals surface area (Å²) in [5, 5.41) is 11.7. The Hall–Kier alpha value is -4.11. The second-order valence-corrected chi connectivity index (χ2v) is 7.93. The van der Waals surface area contributed by atoms with Crippen LogP contribution in [0.2, 0.25) is 0 Å². The standard InChI is InChI=1S/C28H19NO2/c30-24-16-20(19-11-5-2-6-12-19)15-23-25(24)26-27(21-13-7-8-14-22(21)28(26)31)29(23)17-18-9-3-1-4-10-18/h1-16,30H,17H2. The Balaban J connectivity index is 1.69. The predicted molar refractivity (Wildman–Crippen MR) is 123 cm³/mol. The van der Waals surface area contributed by atoms with Crippen molar-refractivity contribution in [1.82, 2.24) is 4.57 Å². The van der Waals surface area contributed by atoms with Crippen LogP contribution in [0.3, 0.4) is 0 Å². The summed E-state index contributed by atoms with van der Waals surface area (Å²) in [5.74, 6) is 0.116. The lowest BCUT2D eigenvalue weighted by Gasteiger charge is -2.12. The van der Waals surface area contributed by atoms with Crippen molar-refractivity contribution in [2.75, 3.05) is 0 Å². The second kappa shape index (κ2) is 6.71. The number of aromatic nitrogens is 1. The zero-order valence-electron chi connectivity index (χ0n) is 16.7. The van der Waals surface area contributed by atoms with Crippen LogP contribution in [0.1, 0.15) is 21.5 Å². The third-order valence-corrected chi connectivity index (χ3v) is 6.09. The maximum atomic E-state index is 13.4. The zero-order chi connectivity index (χ0) is 20.9. The predicted octanol–water partition coefficient (Wildman–Crippen LogP) is 6.27. The van der Waals surface area contributed by atoms with E-state index in [-0.39, 0.29) is 11.5 Å². The molecule has 0 saturated heterocycles. The molecule has 1 heterocycles. The van der Waals surface area contributed by atoms with Gasteiger partial charge in [0.15, 0.2) is 5.78 Å². The van der Waals surface area contributed by atoms with Crippen LogP contribution in [0.4, 0.5) is 0 Å². The summed E-state index contributed by atoms with van der Waals surface area (Å²) in [6, 6.07) is 31.8. The Bertz CT molecular complexity index is 1460. The van der Waals surface area contributed by atoms with Crippen molar-refractivity contribution in [2.24, 2.45) is 0 Å². The Kier molecular flexibility index (Phi) is 3.84. The Morgan fingerprint density at radius 3 is 2.10 bits per heavy atom. The number of fused-ring (bicyclic) bond motifs is 5. The maximum absolute atomic E-state index is 13.4. The van der Waals surface area contributed by atoms with Crippen molar-refractivity contribution >= 4 is 16.7 Å². The number of aromatic hydroxyl groups is 1. The van der Waals surface area contributed by atoms with Crippen molar-refractivity contribution < 1.29 is 9.90 Å². The van der Waals surface area contributed by atoms with Crippen LogP contribution in [0.5, 0.6) is 5.75 Å². The number of nitrogens with zero attached hydrogens (tertiary/aromatic N) is 1. The van der Waals surface area contributed by atoms with E-state index in [2.05, 4.69) is 22.8 Å². The molecule has 4 aromatic carbocycles. The molecule has 6 rings (SSSR count). The fraction of sp³-hybridized carbons (Fsp3) is 0.0357. The molecule has 148 valence electrons. The highest BCUT2D eigenvalue weighted by molar-refractivity contribution is 6.28. The molecule has 0 radical (unpaired) electrons. The molecule has 3 heteroatoms. The molecule has 0 spiro atoms. The fourth-order valence-corrected chi connectivity index (χ4v) is 4.71. The first-order chi connectivity index (χ1) is 15.2. The number of phenolic OH excluding ortho intramolecular Hbond substituents is 1. The fourth-order valence-electron chi connectivity index (χ4n) is 4.71. The van der Waals surface area contributed by atoms with Gasteiger partial charge in [-0.15, -0.1) is 0 Å². The van der Waals surface area contributed by atoms with Gasteiger partial charge in [-0.2, -0.15) is 0 Å². The van der Waals surface area contributed by atoms with E-state index in [0.717, 1.165) is 33.5 Å². The van der Waals surface area contributed by atoms with Gasteiger partial charge >= 0.3 is 0 Å². The molecule has 1 aliphatic carbocycles. The van der Waals surface area contributed by atoms with Gasteiger partial charge in [0, 0.05) is 17.7 Å². The number of rotatable bonds is 3. The lowest BCUT2D eigenvalue weighted by atomic mass is 10.0. The lowest BCUT2D eigenvalue weighted by molar-refractivity contribution is 0.104. The number of carbonyl (C=O) groups is 1. The van der Waals surface area contributed by atoms with Gasteiger partial charge < -0.3 is 9.67 Å². The van der Waals surface area contributed by atoms with E-state index in [1.54, 1.807) is 6.07 Å². The first-order valence-corrected chi connectivity index (χ1v) is 10.3. The molecule has 5 aromatic rings. The molecule has 0 amide bonds. The Morgan fingerprint density at radius 1 is 0.710 bits per heavy atom. The summed E-state index contributed by atoms with van der Waals surface area (Å²) < 4.78 is 2.18. The van der Waals surface area contributed by atoms with E-state index < -0.39 is 0 Å². The largest absolute Gasteiger partial charge is 0.507 e. The van der Waals surface area contributed by atoms with Crippen LogP contribution in [0, 0.1) is 0 Å². The molecule has 3 nitrogen and oxygen atoms in total. The monoisotopic (exact) mass is 401 g/mol. The van der Waals surface area contributed by atoms with E-state index in [0.29, 0.717) is 23.1 Å². The van der Waals surface area contributed by atoms with Gasteiger partial charge in [-0.05, 0) is 28.8 Å². The van der Waals surface area contributed by atoms with Gasteiger partial charge in [-0.25, -0.2) is 0 Å². The molecule has 0 atom stereocenters. The first kappa shape index (κ1) is 17.7. The van der Waals surface area contributed by atoms with Crippen molar-refractivity contribution in [3.63, 3.8) is 0 Å². The van der Waals surface area contributed by atoms with Crippen LogP contribution in [-0.2, 0) is 6.54 Å². The van der Waals surface area contributed by atoms with Gasteiger partial charge in [0.05, 0.1) is 22.2 Å². The van der Waals surface area contributed by atoms with E-state index in [1.165, 1.54) is 0 Å². The minimum Gasteiger partial charge on any atom is -0.507 e. The summed E-state index contributed by atoms with van der Waals surface area (Å²) in [4.78, 5) is 13.4. The SMILES string of the molecule is O=C1c2ccccc2-c2c1c1c(O)cc(-c3ccccc3)cc1n2Cc1ccccc1. The molecule has 1 aliphatic rings. The summed E-state index contributed by atoms with van der Waals surface area (Å²) in [6.45, 7) is 0.617. The highest BCUT2D eigenvalue weighted by Gasteiger charge is 2.34. The molecular formula is C28H19NO2. The minimum atomic E-state index is -0.0230. The number of benzene rings is 4. The normalized spacial score (nSPS) is 12.2. The molecule has 31 heavy (non-hydrogen) atoms. The quantitative estimate of drug-likeness (QED) is 0.379. The highest BCUT2D eigenvalue weighted by atomic mass is 16.3. The van der Waals surface area contributed by atoms with Crippen molar-refractivity contribution in [1.29, 1.82) is 0 Å². The molecule has 0 aliphatic heterocycles. The van der Waals surface area contributed by atoms with Crippen molar-refractivity contribution in [3.8, 4) is 28.1 Å². The number of hydrogen-bond donors (Lipinski definition) is 1. The van der Waals surface area contributed by atoms with Crippen molar-refractivity contribution in [3.05, 3.63) is 114 Å². The lowest BCUT2D eigenvalue weighted by Crippen LogP contribution is -2.01. The number of carbonyl (C=O) groups excluding carboxylic acids is 1. The van der Waals surface area contributed by atoms with E-state index in [4.69, 9.17) is 0 Å². The summed E-state index contributed by atoms with van der Waals surface area (Å²) >= 11 is 0. The van der Waals surface area contributed by atoms with E-state index in [1.807, 2.05) is 72.8 Å². The Labute approximate surface area is 179 Å². The second-order valence-electron chi connectivity index (χ2n) is 7.93. The topological polar surface area (TPSA) is 42.2 Å². The summed E-state index contributed by atoms with van der Waals surface area (Å²) in [5.41, 5.74) is 7.08. The average molecular weight is 401 g/mol. The first-order valence-electron chi connectivity index (χ1n) is 10.3. The van der Waals surface area contributed by atoms with Gasteiger partial charge in [-0.1, -0.05) is 84.9 Å². The zero-order valence-corrected chi connectivity index (χ0v) is 16.7. The van der Waals surface area contributed by atoms with Crippen LogP contribution in [0.25, 0.3) is 33.3 Å². The third kappa shape index (κ3) is 2.63. The van der Waals surface area contributed by atoms with Gasteiger partial charge in [0.1, 0.15) is 5.75 Å². The third-order valence-electron chi connectivity index (χ3n) is 6.09.